The summed E-state index contributed by atoms with van der Waals surface area (Å²) in [4.78, 5) is 11.5. The molecule has 0 saturated carbocycles. The second-order valence-electron chi connectivity index (χ2n) is 7.99. The van der Waals surface area contributed by atoms with Gasteiger partial charge in [-0.15, -0.1) is 0 Å². The number of amides is 1. The predicted octanol–water partition coefficient (Wildman–Crippen LogP) is 4.84. The number of nitrogens with zero attached hydrogens (tertiary/aromatic N) is 1. The molecule has 0 fully saturated rings. The van der Waals surface area contributed by atoms with Gasteiger partial charge < -0.3 is 24.5 Å². The highest BCUT2D eigenvalue weighted by Gasteiger charge is 2.25. The monoisotopic (exact) mass is 444 g/mol. The van der Waals surface area contributed by atoms with Gasteiger partial charge in [-0.25, -0.2) is 4.79 Å². The number of aromatic nitrogens is 1. The summed E-state index contributed by atoms with van der Waals surface area (Å²) >= 11 is 0. The summed E-state index contributed by atoms with van der Waals surface area (Å²) in [5.41, 5.74) is 4.19. The highest BCUT2D eigenvalue weighted by molar-refractivity contribution is 5.82. The number of benzene rings is 3. The van der Waals surface area contributed by atoms with Crippen LogP contribution < -0.4 is 10.1 Å². The van der Waals surface area contributed by atoms with E-state index in [0.29, 0.717) is 6.61 Å². The van der Waals surface area contributed by atoms with E-state index in [0.717, 1.165) is 27.8 Å². The molecule has 0 saturated heterocycles. The molecule has 3 aromatic carbocycles. The van der Waals surface area contributed by atoms with Gasteiger partial charge in [0.15, 0.2) is 0 Å². The van der Waals surface area contributed by atoms with Gasteiger partial charge >= 0.3 is 6.09 Å². The van der Waals surface area contributed by atoms with Crippen molar-refractivity contribution >= 4 is 17.0 Å². The van der Waals surface area contributed by atoms with E-state index >= 15 is 0 Å². The third kappa shape index (κ3) is 5.35. The van der Waals surface area contributed by atoms with Gasteiger partial charge in [0.25, 0.3) is 0 Å². The zero-order chi connectivity index (χ0) is 23.2. The molecule has 1 heterocycles. The van der Waals surface area contributed by atoms with Gasteiger partial charge in [-0.1, -0.05) is 60.2 Å². The van der Waals surface area contributed by atoms with Crippen LogP contribution in [0.3, 0.4) is 0 Å². The van der Waals surface area contributed by atoms with E-state index in [-0.39, 0.29) is 6.61 Å². The normalized spacial score (nSPS) is 12.8. The first kappa shape index (κ1) is 22.4. The maximum atomic E-state index is 11.5. The zero-order valence-corrected chi connectivity index (χ0v) is 18.8. The maximum absolute atomic E-state index is 11.5. The molecule has 0 aliphatic rings. The van der Waals surface area contributed by atoms with Gasteiger partial charge in [0, 0.05) is 24.1 Å². The molecule has 0 radical (unpaired) electrons. The first-order valence-corrected chi connectivity index (χ1v) is 10.9. The number of ether oxygens (including phenoxy) is 2. The van der Waals surface area contributed by atoms with E-state index in [1.54, 1.807) is 0 Å². The summed E-state index contributed by atoms with van der Waals surface area (Å²) in [6.07, 6.45) is 0.432. The lowest BCUT2D eigenvalue weighted by Gasteiger charge is -2.26. The van der Waals surface area contributed by atoms with E-state index in [2.05, 4.69) is 30.4 Å². The van der Waals surface area contributed by atoms with Crippen LogP contribution in [0.1, 0.15) is 22.7 Å². The zero-order valence-electron chi connectivity index (χ0n) is 18.8. The topological polar surface area (TPSA) is 72.7 Å². The minimum atomic E-state index is -0.933. The first-order chi connectivity index (χ1) is 16.0. The Balaban J connectivity index is 1.59. The fourth-order valence-electron chi connectivity index (χ4n) is 3.99. The van der Waals surface area contributed by atoms with Crippen LogP contribution in [0.4, 0.5) is 4.79 Å². The summed E-state index contributed by atoms with van der Waals surface area (Å²) in [7, 11) is 1.49. The van der Waals surface area contributed by atoms with Crippen molar-refractivity contribution in [2.24, 2.45) is 0 Å². The number of aliphatic hydroxyl groups excluding tert-OH is 1. The molecule has 170 valence electrons. The Morgan fingerprint density at radius 3 is 2.61 bits per heavy atom. The number of nitrogens with one attached hydrogen (secondary N) is 1. The molecule has 0 spiro atoms. The Morgan fingerprint density at radius 2 is 1.85 bits per heavy atom. The number of hydrogen-bond acceptors (Lipinski definition) is 4. The molecule has 0 aliphatic heterocycles. The summed E-state index contributed by atoms with van der Waals surface area (Å²) in [5.74, 6) is 0.779. The molecule has 0 unspecified atom stereocenters. The molecule has 1 amide bonds. The van der Waals surface area contributed by atoms with Crippen LogP contribution in [0.15, 0.2) is 85.1 Å². The van der Waals surface area contributed by atoms with Crippen molar-refractivity contribution in [3.63, 3.8) is 0 Å². The van der Waals surface area contributed by atoms with Crippen LogP contribution >= 0.6 is 0 Å². The molecular formula is C27H28N2O4. The van der Waals surface area contributed by atoms with Gasteiger partial charge in [0.1, 0.15) is 25.1 Å². The van der Waals surface area contributed by atoms with Gasteiger partial charge in [-0.05, 0) is 42.3 Å². The number of hydrogen-bond donors (Lipinski definition) is 2. The molecule has 4 rings (SSSR count). The molecule has 2 atom stereocenters. The van der Waals surface area contributed by atoms with Crippen LogP contribution in [0, 0.1) is 6.92 Å². The van der Waals surface area contributed by atoms with E-state index in [9.17, 15) is 9.90 Å². The molecule has 4 aromatic rings. The number of carbonyl (C=O) groups excluding carboxylic acids is 1. The molecule has 33 heavy (non-hydrogen) atoms. The van der Waals surface area contributed by atoms with Crippen LogP contribution in [0.25, 0.3) is 10.9 Å². The Morgan fingerprint density at radius 1 is 1.03 bits per heavy atom. The number of aliphatic hydroxyl groups is 1. The molecule has 0 bridgehead atoms. The lowest BCUT2D eigenvalue weighted by atomic mass is 10.0. The average Bonchev–Trinajstić information content (AvgIpc) is 3.25. The van der Waals surface area contributed by atoms with E-state index < -0.39 is 18.2 Å². The van der Waals surface area contributed by atoms with Crippen molar-refractivity contribution in [3.05, 3.63) is 102 Å². The number of fused-ring (bicyclic) bond motifs is 1. The Labute approximate surface area is 193 Å². The van der Waals surface area contributed by atoms with Gasteiger partial charge in [0.05, 0.1) is 6.04 Å². The average molecular weight is 445 g/mol. The quantitative estimate of drug-likeness (QED) is 0.408. The molecule has 6 heteroatoms. The Hall–Kier alpha value is -3.77. The van der Waals surface area contributed by atoms with Crippen molar-refractivity contribution in [2.75, 3.05) is 13.7 Å². The van der Waals surface area contributed by atoms with E-state index in [1.807, 2.05) is 71.4 Å². The van der Waals surface area contributed by atoms with Crippen LogP contribution in [0.2, 0.25) is 0 Å². The summed E-state index contributed by atoms with van der Waals surface area (Å²) in [6, 6.07) is 25.5. The van der Waals surface area contributed by atoms with Crippen LogP contribution in [-0.2, 0) is 11.3 Å². The van der Waals surface area contributed by atoms with Gasteiger partial charge in [-0.3, -0.25) is 0 Å². The number of carbonyl (C=O) groups is 1. The third-order valence-corrected chi connectivity index (χ3v) is 5.57. The Bertz CT molecular complexity index is 1220. The van der Waals surface area contributed by atoms with E-state index in [1.165, 1.54) is 12.6 Å². The minimum absolute atomic E-state index is 0.128. The molecule has 6 nitrogen and oxygen atoms in total. The van der Waals surface area contributed by atoms with Crippen LogP contribution in [-0.4, -0.2) is 35.5 Å². The Kier molecular flexibility index (Phi) is 6.95. The number of rotatable bonds is 8. The highest BCUT2D eigenvalue weighted by atomic mass is 16.6. The smallest absolute Gasteiger partial charge is 0.406 e. The fraction of sp³-hybridized carbons (Fsp3) is 0.222. The lowest BCUT2D eigenvalue weighted by Crippen LogP contribution is -2.32. The van der Waals surface area contributed by atoms with Crippen molar-refractivity contribution in [3.8, 4) is 5.75 Å². The fourth-order valence-corrected chi connectivity index (χ4v) is 3.99. The molecule has 1 aromatic heterocycles. The largest absolute Gasteiger partial charge is 0.489 e. The second kappa shape index (κ2) is 10.2. The summed E-state index contributed by atoms with van der Waals surface area (Å²) in [6.45, 7) is 2.43. The summed E-state index contributed by atoms with van der Waals surface area (Å²) < 4.78 is 13.2. The van der Waals surface area contributed by atoms with Crippen molar-refractivity contribution in [1.29, 1.82) is 0 Å². The van der Waals surface area contributed by atoms with Crippen molar-refractivity contribution in [1.82, 2.24) is 9.88 Å². The maximum Gasteiger partial charge on any atom is 0.406 e. The second-order valence-corrected chi connectivity index (χ2v) is 7.99. The predicted molar refractivity (Wildman–Crippen MR) is 128 cm³/mol. The molecule has 2 N–H and O–H groups in total. The van der Waals surface area contributed by atoms with Crippen molar-refractivity contribution < 1.29 is 19.4 Å². The minimum Gasteiger partial charge on any atom is -0.489 e. The SMILES string of the molecule is CNC(=O)OC[C@H](O)[C@H](c1ccccc1)n1ccc2cc(OCc3cccc(C)c3)ccc21. The van der Waals surface area contributed by atoms with Gasteiger partial charge in [-0.2, -0.15) is 0 Å². The third-order valence-electron chi connectivity index (χ3n) is 5.57. The van der Waals surface area contributed by atoms with E-state index in [4.69, 9.17) is 9.47 Å². The number of alkyl carbamates (subject to hydrolysis) is 1. The highest BCUT2D eigenvalue weighted by Crippen LogP contribution is 2.30. The molecule has 0 aliphatic carbocycles. The van der Waals surface area contributed by atoms with Crippen molar-refractivity contribution in [2.45, 2.75) is 25.7 Å². The lowest BCUT2D eigenvalue weighted by molar-refractivity contribution is 0.0477. The summed E-state index contributed by atoms with van der Waals surface area (Å²) in [5, 5.41) is 14.4. The number of aryl methyl sites for hydroxylation is 1. The molecular weight excluding hydrogens is 416 g/mol. The standard InChI is InChI=1S/C27H28N2O4/c1-19-7-6-8-20(15-19)17-32-23-11-12-24-22(16-23)13-14-29(24)26(21-9-4-3-5-10-21)25(30)18-33-27(31)28-2/h3-16,25-26,30H,17-18H2,1-2H3,(H,28,31)/t25-,26-/m0/s1. The first-order valence-electron chi connectivity index (χ1n) is 10.9. The van der Waals surface area contributed by atoms with Gasteiger partial charge in [0.2, 0.25) is 0 Å². The van der Waals surface area contributed by atoms with Crippen LogP contribution in [0.5, 0.6) is 5.75 Å².